The van der Waals surface area contributed by atoms with Crippen LogP contribution in [0.25, 0.3) is 0 Å². The molecule has 0 saturated carbocycles. The van der Waals surface area contributed by atoms with Gasteiger partial charge in [0.2, 0.25) is 0 Å². The minimum atomic E-state index is -0.172. The monoisotopic (exact) mass is 247 g/mol. The zero-order valence-electron chi connectivity index (χ0n) is 11.2. The van der Waals surface area contributed by atoms with Gasteiger partial charge in [-0.1, -0.05) is 6.92 Å². The van der Waals surface area contributed by atoms with Crippen LogP contribution in [-0.4, -0.2) is 64.0 Å². The van der Waals surface area contributed by atoms with E-state index in [1.807, 2.05) is 18.7 Å². The summed E-state index contributed by atoms with van der Waals surface area (Å²) in [6, 6.07) is 0. The number of hydrogen-bond acceptors (Lipinski definition) is 5. The van der Waals surface area contributed by atoms with Crippen molar-refractivity contribution in [1.29, 1.82) is 0 Å². The third-order valence-electron chi connectivity index (χ3n) is 2.29. The summed E-state index contributed by atoms with van der Waals surface area (Å²) in [7, 11) is 1.68. The Morgan fingerprint density at radius 2 is 1.94 bits per heavy atom. The van der Waals surface area contributed by atoms with Gasteiger partial charge in [0.05, 0.1) is 19.8 Å². The number of hydrogen-bond donors (Lipinski definition) is 0. The summed E-state index contributed by atoms with van der Waals surface area (Å²) < 4.78 is 15.3. The van der Waals surface area contributed by atoms with Crippen LogP contribution in [0.3, 0.4) is 0 Å². The van der Waals surface area contributed by atoms with E-state index < -0.39 is 0 Å². The number of esters is 1. The summed E-state index contributed by atoms with van der Waals surface area (Å²) >= 11 is 0. The average Bonchev–Trinajstić information content (AvgIpc) is 2.32. The number of carbonyl (C=O) groups excluding carboxylic acids is 1. The molecule has 0 rings (SSSR count). The molecule has 0 spiro atoms. The van der Waals surface area contributed by atoms with E-state index in [0.717, 1.165) is 26.1 Å². The van der Waals surface area contributed by atoms with Gasteiger partial charge in [0, 0.05) is 26.9 Å². The van der Waals surface area contributed by atoms with E-state index >= 15 is 0 Å². The van der Waals surface area contributed by atoms with E-state index in [0.29, 0.717) is 26.4 Å². The van der Waals surface area contributed by atoms with Crippen molar-refractivity contribution < 1.29 is 19.0 Å². The second-order valence-corrected chi connectivity index (χ2v) is 3.63. The average molecular weight is 247 g/mol. The molecule has 0 atom stereocenters. The highest BCUT2D eigenvalue weighted by Crippen LogP contribution is 1.91. The van der Waals surface area contributed by atoms with E-state index in [1.54, 1.807) is 7.11 Å². The van der Waals surface area contributed by atoms with Gasteiger partial charge in [-0.15, -0.1) is 0 Å². The molecule has 17 heavy (non-hydrogen) atoms. The minimum absolute atomic E-state index is 0.172. The topological polar surface area (TPSA) is 48.0 Å². The van der Waals surface area contributed by atoms with Crippen molar-refractivity contribution in [3.8, 4) is 0 Å². The third-order valence-corrected chi connectivity index (χ3v) is 2.29. The van der Waals surface area contributed by atoms with Crippen LogP contribution in [0, 0.1) is 0 Å². The molecule has 0 aliphatic carbocycles. The van der Waals surface area contributed by atoms with Gasteiger partial charge >= 0.3 is 5.97 Å². The summed E-state index contributed by atoms with van der Waals surface area (Å²) in [4.78, 5) is 13.3. The standard InChI is InChI=1S/C12H25NO4/c1-4-13(11-12(14)17-5-2)7-10-16-9-6-8-15-3/h4-11H2,1-3H3. The molecule has 0 aromatic carbocycles. The lowest BCUT2D eigenvalue weighted by atomic mass is 10.4. The molecule has 0 saturated heterocycles. The van der Waals surface area contributed by atoms with Crippen molar-refractivity contribution in [2.24, 2.45) is 0 Å². The quantitative estimate of drug-likeness (QED) is 0.401. The first kappa shape index (κ1) is 16.4. The van der Waals surface area contributed by atoms with Crippen LogP contribution in [0.1, 0.15) is 20.3 Å². The molecule has 0 amide bonds. The Morgan fingerprint density at radius 1 is 1.18 bits per heavy atom. The van der Waals surface area contributed by atoms with Gasteiger partial charge in [-0.05, 0) is 19.9 Å². The predicted molar refractivity (Wildman–Crippen MR) is 66.1 cm³/mol. The first-order valence-electron chi connectivity index (χ1n) is 6.19. The van der Waals surface area contributed by atoms with Crippen LogP contribution in [0.4, 0.5) is 0 Å². The maximum Gasteiger partial charge on any atom is 0.320 e. The van der Waals surface area contributed by atoms with Gasteiger partial charge in [-0.2, -0.15) is 0 Å². The number of methoxy groups -OCH3 is 1. The lowest BCUT2D eigenvalue weighted by Crippen LogP contribution is -2.33. The maximum atomic E-state index is 11.3. The van der Waals surface area contributed by atoms with Gasteiger partial charge in [0.25, 0.3) is 0 Å². The Hall–Kier alpha value is -0.650. The summed E-state index contributed by atoms with van der Waals surface area (Å²) in [5.41, 5.74) is 0. The Bertz CT molecular complexity index is 187. The van der Waals surface area contributed by atoms with E-state index in [1.165, 1.54) is 0 Å². The molecule has 0 aliphatic heterocycles. The van der Waals surface area contributed by atoms with Crippen molar-refractivity contribution in [2.75, 3.05) is 53.2 Å². The molecule has 0 aliphatic rings. The van der Waals surface area contributed by atoms with Crippen LogP contribution in [-0.2, 0) is 19.0 Å². The molecule has 0 fully saturated rings. The number of carbonyl (C=O) groups is 1. The Balaban J connectivity index is 3.50. The third kappa shape index (κ3) is 10.2. The molecule has 0 aromatic heterocycles. The van der Waals surface area contributed by atoms with Gasteiger partial charge in [0.15, 0.2) is 0 Å². The molecule has 0 radical (unpaired) electrons. The molecular weight excluding hydrogens is 222 g/mol. The molecule has 0 heterocycles. The van der Waals surface area contributed by atoms with Crippen molar-refractivity contribution in [3.63, 3.8) is 0 Å². The van der Waals surface area contributed by atoms with E-state index in [9.17, 15) is 4.79 Å². The van der Waals surface area contributed by atoms with Crippen LogP contribution in [0.15, 0.2) is 0 Å². The minimum Gasteiger partial charge on any atom is -0.465 e. The van der Waals surface area contributed by atoms with Crippen molar-refractivity contribution in [2.45, 2.75) is 20.3 Å². The molecule has 0 unspecified atom stereocenters. The van der Waals surface area contributed by atoms with Gasteiger partial charge in [-0.25, -0.2) is 0 Å². The highest BCUT2D eigenvalue weighted by atomic mass is 16.5. The second kappa shape index (κ2) is 11.8. The number of nitrogens with zero attached hydrogens (tertiary/aromatic N) is 1. The van der Waals surface area contributed by atoms with Crippen LogP contribution < -0.4 is 0 Å². The van der Waals surface area contributed by atoms with Gasteiger partial charge in [-0.3, -0.25) is 9.69 Å². The zero-order valence-corrected chi connectivity index (χ0v) is 11.2. The summed E-state index contributed by atoms with van der Waals surface area (Å²) in [6.45, 7) is 8.23. The van der Waals surface area contributed by atoms with Crippen molar-refractivity contribution in [1.82, 2.24) is 4.90 Å². The summed E-state index contributed by atoms with van der Waals surface area (Å²) in [5, 5.41) is 0. The lowest BCUT2D eigenvalue weighted by molar-refractivity contribution is -0.144. The highest BCUT2D eigenvalue weighted by molar-refractivity contribution is 5.71. The smallest absolute Gasteiger partial charge is 0.320 e. The largest absolute Gasteiger partial charge is 0.465 e. The molecule has 0 aromatic rings. The Kier molecular flexibility index (Phi) is 11.4. The highest BCUT2D eigenvalue weighted by Gasteiger charge is 2.08. The normalized spacial score (nSPS) is 10.8. The molecule has 0 bridgehead atoms. The molecular formula is C12H25NO4. The fourth-order valence-corrected chi connectivity index (χ4v) is 1.34. The first-order chi connectivity index (χ1) is 8.24. The predicted octanol–water partition coefficient (Wildman–Crippen LogP) is 0.925. The van der Waals surface area contributed by atoms with E-state index in [4.69, 9.17) is 14.2 Å². The molecule has 0 N–H and O–H groups in total. The molecule has 102 valence electrons. The number of rotatable bonds is 11. The first-order valence-corrected chi connectivity index (χ1v) is 6.19. The molecule has 5 heteroatoms. The lowest BCUT2D eigenvalue weighted by Gasteiger charge is -2.18. The van der Waals surface area contributed by atoms with E-state index in [-0.39, 0.29) is 5.97 Å². The number of ether oxygens (including phenoxy) is 3. The van der Waals surface area contributed by atoms with Gasteiger partial charge < -0.3 is 14.2 Å². The van der Waals surface area contributed by atoms with E-state index in [2.05, 4.69) is 0 Å². The maximum absolute atomic E-state index is 11.3. The fourth-order valence-electron chi connectivity index (χ4n) is 1.34. The van der Waals surface area contributed by atoms with Crippen molar-refractivity contribution >= 4 is 5.97 Å². The molecule has 5 nitrogen and oxygen atoms in total. The Morgan fingerprint density at radius 3 is 2.53 bits per heavy atom. The van der Waals surface area contributed by atoms with Gasteiger partial charge in [0.1, 0.15) is 0 Å². The number of likely N-dealkylation sites (N-methyl/N-ethyl adjacent to an activating group) is 1. The second-order valence-electron chi connectivity index (χ2n) is 3.63. The van der Waals surface area contributed by atoms with Crippen LogP contribution in [0.5, 0.6) is 0 Å². The summed E-state index contributed by atoms with van der Waals surface area (Å²) in [6.07, 6.45) is 0.903. The fraction of sp³-hybridized carbons (Fsp3) is 0.917. The van der Waals surface area contributed by atoms with Crippen LogP contribution >= 0.6 is 0 Å². The Labute approximate surface area is 104 Å². The van der Waals surface area contributed by atoms with Crippen molar-refractivity contribution in [3.05, 3.63) is 0 Å². The SMILES string of the molecule is CCOC(=O)CN(CC)CCOCCCOC. The van der Waals surface area contributed by atoms with Crippen LogP contribution in [0.2, 0.25) is 0 Å². The summed E-state index contributed by atoms with van der Waals surface area (Å²) in [5.74, 6) is -0.172. The zero-order chi connectivity index (χ0) is 12.9.